The van der Waals surface area contributed by atoms with Crippen molar-refractivity contribution in [3.63, 3.8) is 0 Å². The first-order valence-electron chi connectivity index (χ1n) is 5.07. The number of aliphatic carboxylic acids is 1. The molecule has 1 saturated heterocycles. The van der Waals surface area contributed by atoms with Gasteiger partial charge in [0.25, 0.3) is 0 Å². The number of carboxylic acid groups (broad SMARTS) is 1. The minimum atomic E-state index is -2.91. The molecule has 2 unspecified atom stereocenters. The second-order valence-corrected chi connectivity index (χ2v) is 6.33. The van der Waals surface area contributed by atoms with Crippen molar-refractivity contribution in [3.05, 3.63) is 0 Å². The largest absolute Gasteiger partial charge is 0.481 e. The fourth-order valence-corrected chi connectivity index (χ4v) is 3.29. The van der Waals surface area contributed by atoms with Crippen molar-refractivity contribution >= 4 is 15.8 Å². The molecule has 0 aliphatic carbocycles. The second-order valence-electron chi connectivity index (χ2n) is 4.10. The van der Waals surface area contributed by atoms with Crippen LogP contribution >= 0.6 is 0 Å². The second kappa shape index (κ2) is 4.94. The Bertz CT molecular complexity index is 325. The Morgan fingerprint density at radius 3 is 2.80 bits per heavy atom. The summed E-state index contributed by atoms with van der Waals surface area (Å²) in [6.07, 6.45) is 1.48. The third-order valence-corrected chi connectivity index (χ3v) is 4.42. The van der Waals surface area contributed by atoms with Crippen molar-refractivity contribution in [2.24, 2.45) is 5.92 Å². The van der Waals surface area contributed by atoms with Gasteiger partial charge in [0.1, 0.15) is 0 Å². The van der Waals surface area contributed by atoms with Crippen LogP contribution in [0.25, 0.3) is 0 Å². The Morgan fingerprint density at radius 1 is 1.60 bits per heavy atom. The highest BCUT2D eigenvalue weighted by atomic mass is 32.2. The highest BCUT2D eigenvalue weighted by Crippen LogP contribution is 2.12. The standard InChI is InChI=1S/C9H17NO4S/c1-7(9(11)12)5-10-8-3-2-4-15(13,14)6-8/h7-8,10H,2-6H2,1H3,(H,11,12). The van der Waals surface area contributed by atoms with Crippen molar-refractivity contribution in [2.75, 3.05) is 18.1 Å². The van der Waals surface area contributed by atoms with E-state index in [0.717, 1.165) is 6.42 Å². The summed E-state index contributed by atoms with van der Waals surface area (Å²) in [5, 5.41) is 11.7. The molecule has 0 aromatic rings. The molecule has 5 nitrogen and oxygen atoms in total. The molecule has 1 rings (SSSR count). The van der Waals surface area contributed by atoms with Gasteiger partial charge in [0, 0.05) is 12.6 Å². The van der Waals surface area contributed by atoms with Gasteiger partial charge in [-0.1, -0.05) is 6.92 Å². The van der Waals surface area contributed by atoms with E-state index in [4.69, 9.17) is 5.11 Å². The van der Waals surface area contributed by atoms with Crippen LogP contribution in [0.5, 0.6) is 0 Å². The van der Waals surface area contributed by atoms with Gasteiger partial charge in [-0.05, 0) is 12.8 Å². The number of sulfone groups is 1. The number of rotatable bonds is 4. The van der Waals surface area contributed by atoms with Crippen LogP contribution in [-0.4, -0.2) is 43.6 Å². The van der Waals surface area contributed by atoms with Crippen LogP contribution in [0.15, 0.2) is 0 Å². The summed E-state index contributed by atoms with van der Waals surface area (Å²) in [5.41, 5.74) is 0. The average molecular weight is 235 g/mol. The molecule has 2 atom stereocenters. The predicted octanol–water partition coefficient (Wildman–Crippen LogP) is -0.126. The maximum absolute atomic E-state index is 11.3. The van der Waals surface area contributed by atoms with E-state index in [1.807, 2.05) is 0 Å². The van der Waals surface area contributed by atoms with Gasteiger partial charge >= 0.3 is 5.97 Å². The van der Waals surface area contributed by atoms with Crippen LogP contribution in [0.4, 0.5) is 0 Å². The zero-order valence-corrected chi connectivity index (χ0v) is 9.59. The van der Waals surface area contributed by atoms with Crippen LogP contribution in [0, 0.1) is 5.92 Å². The summed E-state index contributed by atoms with van der Waals surface area (Å²) in [4.78, 5) is 10.5. The molecule has 2 N–H and O–H groups in total. The molecule has 1 aliphatic rings. The molecule has 0 amide bonds. The lowest BCUT2D eigenvalue weighted by molar-refractivity contribution is -0.140. The van der Waals surface area contributed by atoms with E-state index in [9.17, 15) is 13.2 Å². The number of carboxylic acids is 1. The van der Waals surface area contributed by atoms with Crippen LogP contribution in [-0.2, 0) is 14.6 Å². The molecule has 0 saturated carbocycles. The Morgan fingerprint density at radius 2 is 2.27 bits per heavy atom. The Balaban J connectivity index is 2.36. The molecule has 88 valence electrons. The Kier molecular flexibility index (Phi) is 4.10. The number of nitrogens with one attached hydrogen (secondary N) is 1. The fourth-order valence-electron chi connectivity index (χ4n) is 1.61. The minimum absolute atomic E-state index is 0.0782. The van der Waals surface area contributed by atoms with Gasteiger partial charge in [-0.25, -0.2) is 8.42 Å². The van der Waals surface area contributed by atoms with E-state index in [2.05, 4.69) is 5.32 Å². The maximum atomic E-state index is 11.3. The summed E-state index contributed by atoms with van der Waals surface area (Å²) < 4.78 is 22.6. The maximum Gasteiger partial charge on any atom is 0.307 e. The van der Waals surface area contributed by atoms with E-state index in [1.165, 1.54) is 0 Å². The van der Waals surface area contributed by atoms with E-state index in [1.54, 1.807) is 6.92 Å². The smallest absolute Gasteiger partial charge is 0.307 e. The lowest BCUT2D eigenvalue weighted by Gasteiger charge is -2.23. The van der Waals surface area contributed by atoms with Crippen molar-refractivity contribution < 1.29 is 18.3 Å². The highest BCUT2D eigenvalue weighted by Gasteiger charge is 2.25. The molecular formula is C9H17NO4S. The molecule has 0 aromatic carbocycles. The minimum Gasteiger partial charge on any atom is -0.481 e. The van der Waals surface area contributed by atoms with Gasteiger partial charge < -0.3 is 10.4 Å². The molecule has 1 heterocycles. The van der Waals surface area contributed by atoms with Crippen LogP contribution < -0.4 is 5.32 Å². The average Bonchev–Trinajstić information content (AvgIpc) is 2.12. The van der Waals surface area contributed by atoms with Gasteiger partial charge in [0.2, 0.25) is 0 Å². The van der Waals surface area contributed by atoms with E-state index < -0.39 is 21.7 Å². The molecule has 6 heteroatoms. The van der Waals surface area contributed by atoms with Crippen molar-refractivity contribution in [3.8, 4) is 0 Å². The lowest BCUT2D eigenvalue weighted by Crippen LogP contribution is -2.42. The van der Waals surface area contributed by atoms with E-state index in [-0.39, 0.29) is 17.5 Å². The van der Waals surface area contributed by atoms with Crippen molar-refractivity contribution in [2.45, 2.75) is 25.8 Å². The first-order valence-corrected chi connectivity index (χ1v) is 6.89. The molecule has 15 heavy (non-hydrogen) atoms. The van der Waals surface area contributed by atoms with Crippen LogP contribution in [0.1, 0.15) is 19.8 Å². The van der Waals surface area contributed by atoms with Gasteiger partial charge in [0.05, 0.1) is 17.4 Å². The third-order valence-electron chi connectivity index (χ3n) is 2.60. The Labute approximate surface area is 89.8 Å². The molecule has 0 bridgehead atoms. The number of hydrogen-bond acceptors (Lipinski definition) is 4. The van der Waals surface area contributed by atoms with Crippen LogP contribution in [0.3, 0.4) is 0 Å². The SMILES string of the molecule is CC(CNC1CCCS(=O)(=O)C1)C(=O)O. The first kappa shape index (κ1) is 12.4. The number of carbonyl (C=O) groups is 1. The molecule has 1 fully saturated rings. The van der Waals surface area contributed by atoms with E-state index >= 15 is 0 Å². The molecular weight excluding hydrogens is 218 g/mol. The molecule has 0 radical (unpaired) electrons. The lowest BCUT2D eigenvalue weighted by atomic mass is 10.1. The van der Waals surface area contributed by atoms with Gasteiger partial charge in [-0.15, -0.1) is 0 Å². The van der Waals surface area contributed by atoms with Gasteiger partial charge in [0.15, 0.2) is 9.84 Å². The quantitative estimate of drug-likeness (QED) is 0.709. The van der Waals surface area contributed by atoms with E-state index in [0.29, 0.717) is 13.0 Å². The first-order chi connectivity index (χ1) is 6.91. The summed E-state index contributed by atoms with van der Waals surface area (Å²) >= 11 is 0. The molecule has 0 spiro atoms. The summed E-state index contributed by atoms with van der Waals surface area (Å²) in [5.74, 6) is -0.935. The van der Waals surface area contributed by atoms with Gasteiger partial charge in [-0.3, -0.25) is 4.79 Å². The molecule has 0 aromatic heterocycles. The topological polar surface area (TPSA) is 83.5 Å². The summed E-state index contributed by atoms with van der Waals surface area (Å²) in [6.45, 7) is 1.93. The van der Waals surface area contributed by atoms with Crippen molar-refractivity contribution in [1.29, 1.82) is 0 Å². The third kappa shape index (κ3) is 4.17. The highest BCUT2D eigenvalue weighted by molar-refractivity contribution is 7.91. The monoisotopic (exact) mass is 235 g/mol. The normalized spacial score (nSPS) is 27.1. The zero-order chi connectivity index (χ0) is 11.5. The van der Waals surface area contributed by atoms with Crippen LogP contribution in [0.2, 0.25) is 0 Å². The molecule has 1 aliphatic heterocycles. The fraction of sp³-hybridized carbons (Fsp3) is 0.889. The zero-order valence-electron chi connectivity index (χ0n) is 8.77. The van der Waals surface area contributed by atoms with Crippen molar-refractivity contribution in [1.82, 2.24) is 5.32 Å². The summed E-state index contributed by atoms with van der Waals surface area (Å²) in [6, 6.07) is -0.0782. The number of hydrogen-bond donors (Lipinski definition) is 2. The summed E-state index contributed by atoms with van der Waals surface area (Å²) in [7, 11) is -2.91. The van der Waals surface area contributed by atoms with Gasteiger partial charge in [-0.2, -0.15) is 0 Å². The predicted molar refractivity (Wildman–Crippen MR) is 56.5 cm³/mol. The Hall–Kier alpha value is -0.620.